The lowest BCUT2D eigenvalue weighted by atomic mass is 10.1. The van der Waals surface area contributed by atoms with E-state index in [1.165, 1.54) is 6.20 Å². The van der Waals surface area contributed by atoms with E-state index in [0.29, 0.717) is 17.3 Å². The Morgan fingerprint density at radius 1 is 1.35 bits per heavy atom. The number of carbonyl (C=O) groups excluding carboxylic acids is 1. The zero-order valence-electron chi connectivity index (χ0n) is 11.3. The average Bonchev–Trinajstić information content (AvgIpc) is 2.43. The molecule has 104 valence electrons. The zero-order chi connectivity index (χ0) is 14.5. The van der Waals surface area contributed by atoms with Crippen LogP contribution in [0.1, 0.15) is 22.8 Å². The second-order valence-corrected chi connectivity index (χ2v) is 4.62. The second-order valence-electron chi connectivity index (χ2n) is 4.23. The van der Waals surface area contributed by atoms with Gasteiger partial charge >= 0.3 is 0 Å². The van der Waals surface area contributed by atoms with Gasteiger partial charge in [-0.2, -0.15) is 0 Å². The number of rotatable bonds is 4. The molecule has 4 nitrogen and oxygen atoms in total. The van der Waals surface area contributed by atoms with E-state index in [2.05, 4.69) is 10.3 Å². The van der Waals surface area contributed by atoms with Crippen molar-refractivity contribution in [1.82, 2.24) is 4.98 Å². The Hall–Kier alpha value is -2.07. The SMILES string of the molecule is CCOc1ccc(NC(=O)c2ccc(Cl)nc2)c(C)c1. The zero-order valence-corrected chi connectivity index (χ0v) is 12.1. The molecule has 0 aliphatic heterocycles. The van der Waals surface area contributed by atoms with Gasteiger partial charge in [-0.3, -0.25) is 4.79 Å². The number of aromatic nitrogens is 1. The first-order valence-corrected chi connectivity index (χ1v) is 6.64. The first kappa shape index (κ1) is 14.3. The summed E-state index contributed by atoms with van der Waals surface area (Å²) >= 11 is 5.69. The molecule has 0 bridgehead atoms. The molecule has 5 heteroatoms. The molecule has 1 aromatic heterocycles. The summed E-state index contributed by atoms with van der Waals surface area (Å²) in [7, 11) is 0. The van der Waals surface area contributed by atoms with Crippen LogP contribution in [0, 0.1) is 6.92 Å². The van der Waals surface area contributed by atoms with Gasteiger partial charge in [0.1, 0.15) is 10.9 Å². The van der Waals surface area contributed by atoms with Gasteiger partial charge in [0.2, 0.25) is 0 Å². The molecule has 1 heterocycles. The van der Waals surface area contributed by atoms with Gasteiger partial charge in [0, 0.05) is 11.9 Å². The standard InChI is InChI=1S/C15H15ClN2O2/c1-3-20-12-5-6-13(10(2)8-12)18-15(19)11-4-7-14(16)17-9-11/h4-9H,3H2,1-2H3,(H,18,19). The van der Waals surface area contributed by atoms with E-state index < -0.39 is 0 Å². The lowest BCUT2D eigenvalue weighted by Crippen LogP contribution is -2.13. The van der Waals surface area contributed by atoms with Crippen LogP contribution in [-0.4, -0.2) is 17.5 Å². The van der Waals surface area contributed by atoms with E-state index in [1.807, 2.05) is 32.0 Å². The summed E-state index contributed by atoms with van der Waals surface area (Å²) in [4.78, 5) is 16.0. The van der Waals surface area contributed by atoms with E-state index in [1.54, 1.807) is 12.1 Å². The number of pyridine rings is 1. The lowest BCUT2D eigenvalue weighted by Gasteiger charge is -2.10. The summed E-state index contributed by atoms with van der Waals surface area (Å²) in [6.07, 6.45) is 1.45. The molecule has 1 aromatic carbocycles. The van der Waals surface area contributed by atoms with Crippen molar-refractivity contribution in [2.75, 3.05) is 11.9 Å². The molecule has 0 saturated heterocycles. The van der Waals surface area contributed by atoms with Crippen molar-refractivity contribution in [2.24, 2.45) is 0 Å². The van der Waals surface area contributed by atoms with E-state index in [4.69, 9.17) is 16.3 Å². The molecule has 0 spiro atoms. The van der Waals surface area contributed by atoms with Crippen LogP contribution in [0.4, 0.5) is 5.69 Å². The Balaban J connectivity index is 2.13. The van der Waals surface area contributed by atoms with E-state index in [9.17, 15) is 4.79 Å². The normalized spacial score (nSPS) is 10.2. The summed E-state index contributed by atoms with van der Waals surface area (Å²) in [5.74, 6) is 0.567. The Labute approximate surface area is 122 Å². The molecule has 1 amide bonds. The number of nitrogens with zero attached hydrogens (tertiary/aromatic N) is 1. The number of ether oxygens (including phenoxy) is 1. The first-order valence-electron chi connectivity index (χ1n) is 6.26. The number of aryl methyl sites for hydroxylation is 1. The molecular formula is C15H15ClN2O2. The monoisotopic (exact) mass is 290 g/mol. The Morgan fingerprint density at radius 2 is 2.15 bits per heavy atom. The second kappa shape index (κ2) is 6.39. The molecule has 20 heavy (non-hydrogen) atoms. The maximum Gasteiger partial charge on any atom is 0.257 e. The van der Waals surface area contributed by atoms with E-state index >= 15 is 0 Å². The summed E-state index contributed by atoms with van der Waals surface area (Å²) in [6.45, 7) is 4.46. The molecule has 0 aliphatic carbocycles. The Morgan fingerprint density at radius 3 is 2.75 bits per heavy atom. The number of halogens is 1. The molecule has 2 rings (SSSR count). The maximum atomic E-state index is 12.1. The third-order valence-corrected chi connectivity index (χ3v) is 2.97. The van der Waals surface area contributed by atoms with Gasteiger partial charge in [-0.05, 0) is 49.7 Å². The summed E-state index contributed by atoms with van der Waals surface area (Å²) in [5, 5.41) is 3.20. The third-order valence-electron chi connectivity index (χ3n) is 2.75. The molecule has 0 atom stereocenters. The smallest absolute Gasteiger partial charge is 0.257 e. The molecular weight excluding hydrogens is 276 g/mol. The van der Waals surface area contributed by atoms with Gasteiger partial charge < -0.3 is 10.1 Å². The number of amides is 1. The van der Waals surface area contributed by atoms with E-state index in [-0.39, 0.29) is 5.91 Å². The minimum absolute atomic E-state index is 0.221. The van der Waals surface area contributed by atoms with Crippen molar-refractivity contribution < 1.29 is 9.53 Å². The van der Waals surface area contributed by atoms with Crippen LogP contribution in [0.3, 0.4) is 0 Å². The lowest BCUT2D eigenvalue weighted by molar-refractivity contribution is 0.102. The maximum absolute atomic E-state index is 12.1. The predicted octanol–water partition coefficient (Wildman–Crippen LogP) is 3.69. The molecule has 0 aliphatic rings. The van der Waals surface area contributed by atoms with Gasteiger partial charge in [-0.25, -0.2) is 4.98 Å². The highest BCUT2D eigenvalue weighted by atomic mass is 35.5. The molecule has 0 fully saturated rings. The molecule has 0 radical (unpaired) electrons. The number of anilines is 1. The predicted molar refractivity (Wildman–Crippen MR) is 79.5 cm³/mol. The third kappa shape index (κ3) is 3.48. The van der Waals surface area contributed by atoms with Crippen molar-refractivity contribution in [2.45, 2.75) is 13.8 Å². The number of hydrogen-bond acceptors (Lipinski definition) is 3. The van der Waals surface area contributed by atoms with E-state index in [0.717, 1.165) is 17.0 Å². The van der Waals surface area contributed by atoms with Gasteiger partial charge in [-0.1, -0.05) is 11.6 Å². The average molecular weight is 291 g/mol. The van der Waals surface area contributed by atoms with Crippen LogP contribution >= 0.6 is 11.6 Å². The molecule has 0 unspecified atom stereocenters. The number of carbonyl (C=O) groups is 1. The summed E-state index contributed by atoms with van der Waals surface area (Å²) in [6, 6.07) is 8.75. The summed E-state index contributed by atoms with van der Waals surface area (Å²) in [5.41, 5.74) is 2.14. The Bertz CT molecular complexity index is 612. The van der Waals surface area contributed by atoms with Crippen LogP contribution in [0.25, 0.3) is 0 Å². The molecule has 0 saturated carbocycles. The van der Waals surface area contributed by atoms with Gasteiger partial charge in [0.15, 0.2) is 0 Å². The van der Waals surface area contributed by atoms with Gasteiger partial charge in [0.25, 0.3) is 5.91 Å². The first-order chi connectivity index (χ1) is 9.60. The highest BCUT2D eigenvalue weighted by Gasteiger charge is 2.08. The van der Waals surface area contributed by atoms with Crippen LogP contribution < -0.4 is 10.1 Å². The Kier molecular flexibility index (Phi) is 4.58. The van der Waals surface area contributed by atoms with Gasteiger partial charge in [0.05, 0.1) is 12.2 Å². The molecule has 2 aromatic rings. The van der Waals surface area contributed by atoms with Crippen molar-refractivity contribution in [3.63, 3.8) is 0 Å². The summed E-state index contributed by atoms with van der Waals surface area (Å²) < 4.78 is 5.41. The largest absolute Gasteiger partial charge is 0.494 e. The van der Waals surface area contributed by atoms with Crippen LogP contribution in [0.5, 0.6) is 5.75 Å². The fraction of sp³-hybridized carbons (Fsp3) is 0.200. The van der Waals surface area contributed by atoms with Crippen molar-refractivity contribution in [3.05, 3.63) is 52.8 Å². The number of benzene rings is 1. The number of nitrogens with one attached hydrogen (secondary N) is 1. The minimum Gasteiger partial charge on any atom is -0.494 e. The van der Waals surface area contributed by atoms with Crippen molar-refractivity contribution >= 4 is 23.2 Å². The number of hydrogen-bond donors (Lipinski definition) is 1. The highest BCUT2D eigenvalue weighted by Crippen LogP contribution is 2.22. The van der Waals surface area contributed by atoms with Crippen LogP contribution in [0.15, 0.2) is 36.5 Å². The van der Waals surface area contributed by atoms with Crippen LogP contribution in [-0.2, 0) is 0 Å². The fourth-order valence-corrected chi connectivity index (χ4v) is 1.85. The molecule has 1 N–H and O–H groups in total. The fourth-order valence-electron chi connectivity index (χ4n) is 1.74. The van der Waals surface area contributed by atoms with Crippen molar-refractivity contribution in [1.29, 1.82) is 0 Å². The highest BCUT2D eigenvalue weighted by molar-refractivity contribution is 6.29. The topological polar surface area (TPSA) is 51.2 Å². The minimum atomic E-state index is -0.221. The van der Waals surface area contributed by atoms with Crippen molar-refractivity contribution in [3.8, 4) is 5.75 Å². The van der Waals surface area contributed by atoms with Crippen LogP contribution in [0.2, 0.25) is 5.15 Å². The quantitative estimate of drug-likeness (QED) is 0.874. The van der Waals surface area contributed by atoms with Gasteiger partial charge in [-0.15, -0.1) is 0 Å².